The van der Waals surface area contributed by atoms with Crippen molar-refractivity contribution in [3.8, 4) is 11.3 Å². The minimum Gasteiger partial charge on any atom is -0.368 e. The predicted octanol–water partition coefficient (Wildman–Crippen LogP) is 2.99. The Balaban J connectivity index is 1.05. The van der Waals surface area contributed by atoms with Gasteiger partial charge in [0, 0.05) is 67.5 Å². The predicted molar refractivity (Wildman–Crippen MR) is 161 cm³/mol. The maximum Gasteiger partial charge on any atom is 0.240 e. The Morgan fingerprint density at radius 1 is 0.854 bits per heavy atom. The first-order chi connectivity index (χ1) is 20.0. The number of hydrogen-bond donors (Lipinski definition) is 3. The molecule has 10 heteroatoms. The number of nitrogens with two attached hydrogens (primary N) is 1. The third kappa shape index (κ3) is 6.12. The van der Waals surface area contributed by atoms with Crippen molar-refractivity contribution >= 4 is 34.8 Å². The molecule has 3 aliphatic heterocycles. The molecule has 4 N–H and O–H groups in total. The standard InChI is InChI=1S/C31H38N8O2/c32-29(40)28-2-1-17-39(28)26-7-3-22(4-8-26)27-13-16-34-31(36-27)35-24-5-9-25(10-6-24)37-18-20-38(21-19-37)30(41)23-11-14-33-15-12-23/h3-10,13,16,23,28,33H,1-2,11-12,14-15,17-21H2,(H2,32,40)(H,34,35,36)/t28-/m1/s1. The summed E-state index contributed by atoms with van der Waals surface area (Å²) in [5.74, 6) is 0.761. The number of rotatable bonds is 7. The molecule has 1 atom stereocenters. The van der Waals surface area contributed by atoms with Gasteiger partial charge in [-0.2, -0.15) is 0 Å². The van der Waals surface area contributed by atoms with Gasteiger partial charge in [-0.15, -0.1) is 0 Å². The molecule has 3 aliphatic rings. The first-order valence-electron chi connectivity index (χ1n) is 14.7. The summed E-state index contributed by atoms with van der Waals surface area (Å²) in [6.07, 6.45) is 5.41. The number of nitrogens with one attached hydrogen (secondary N) is 2. The van der Waals surface area contributed by atoms with Crippen molar-refractivity contribution in [3.63, 3.8) is 0 Å². The first-order valence-corrected chi connectivity index (χ1v) is 14.7. The largest absolute Gasteiger partial charge is 0.368 e. The lowest BCUT2D eigenvalue weighted by Gasteiger charge is -2.38. The van der Waals surface area contributed by atoms with Crippen LogP contribution in [0.4, 0.5) is 23.0 Å². The van der Waals surface area contributed by atoms with E-state index in [9.17, 15) is 9.59 Å². The van der Waals surface area contributed by atoms with Crippen LogP contribution in [0, 0.1) is 5.92 Å². The molecule has 3 saturated heterocycles. The van der Waals surface area contributed by atoms with Gasteiger partial charge in [-0.25, -0.2) is 9.97 Å². The Labute approximate surface area is 240 Å². The highest BCUT2D eigenvalue weighted by molar-refractivity contribution is 5.84. The molecule has 0 unspecified atom stereocenters. The normalized spacial score (nSPS) is 19.8. The van der Waals surface area contributed by atoms with Gasteiger partial charge < -0.3 is 31.1 Å². The number of primary amides is 1. The number of nitrogens with zero attached hydrogens (tertiary/aromatic N) is 5. The molecular formula is C31H38N8O2. The molecule has 0 aliphatic carbocycles. The van der Waals surface area contributed by atoms with Crippen LogP contribution in [0.3, 0.4) is 0 Å². The van der Waals surface area contributed by atoms with Crippen molar-refractivity contribution in [2.45, 2.75) is 31.7 Å². The van der Waals surface area contributed by atoms with E-state index in [1.54, 1.807) is 6.20 Å². The quantitative estimate of drug-likeness (QED) is 0.408. The zero-order chi connectivity index (χ0) is 28.2. The second kappa shape index (κ2) is 12.1. The summed E-state index contributed by atoms with van der Waals surface area (Å²) in [5, 5.41) is 6.66. The van der Waals surface area contributed by atoms with Gasteiger partial charge in [-0.1, -0.05) is 12.1 Å². The molecule has 2 amide bonds. The number of anilines is 4. The smallest absolute Gasteiger partial charge is 0.240 e. The zero-order valence-electron chi connectivity index (χ0n) is 23.3. The van der Waals surface area contributed by atoms with E-state index in [4.69, 9.17) is 10.7 Å². The number of amides is 2. The number of piperazine rings is 1. The third-order valence-electron chi connectivity index (χ3n) is 8.50. The molecule has 4 heterocycles. The minimum absolute atomic E-state index is 0.180. The second-order valence-electron chi connectivity index (χ2n) is 11.1. The number of aromatic nitrogens is 2. The van der Waals surface area contributed by atoms with Crippen LogP contribution < -0.4 is 26.2 Å². The summed E-state index contributed by atoms with van der Waals surface area (Å²) in [5.41, 5.74) is 10.4. The molecular weight excluding hydrogens is 516 g/mol. The van der Waals surface area contributed by atoms with E-state index in [-0.39, 0.29) is 17.9 Å². The fourth-order valence-corrected chi connectivity index (χ4v) is 6.17. The third-order valence-corrected chi connectivity index (χ3v) is 8.50. The molecule has 0 saturated carbocycles. The molecule has 0 radical (unpaired) electrons. The van der Waals surface area contributed by atoms with Crippen molar-refractivity contribution in [2.24, 2.45) is 11.7 Å². The number of carbonyl (C=O) groups excluding carboxylic acids is 2. The van der Waals surface area contributed by atoms with Crippen LogP contribution in [0.15, 0.2) is 60.8 Å². The highest BCUT2D eigenvalue weighted by Crippen LogP contribution is 2.29. The summed E-state index contributed by atoms with van der Waals surface area (Å²) in [7, 11) is 0. The van der Waals surface area contributed by atoms with Gasteiger partial charge >= 0.3 is 0 Å². The van der Waals surface area contributed by atoms with E-state index in [0.717, 1.165) is 99.8 Å². The summed E-state index contributed by atoms with van der Waals surface area (Å²) in [4.78, 5) is 40.3. The van der Waals surface area contributed by atoms with Gasteiger partial charge in [-0.3, -0.25) is 9.59 Å². The Bertz CT molecular complexity index is 1350. The Morgan fingerprint density at radius 3 is 2.27 bits per heavy atom. The topological polar surface area (TPSA) is 120 Å². The Morgan fingerprint density at radius 2 is 1.56 bits per heavy atom. The summed E-state index contributed by atoms with van der Waals surface area (Å²) in [6.45, 7) is 5.95. The van der Waals surface area contributed by atoms with Crippen LogP contribution in [-0.4, -0.2) is 78.5 Å². The van der Waals surface area contributed by atoms with Crippen molar-refractivity contribution in [1.82, 2.24) is 20.2 Å². The Hall–Kier alpha value is -4.18. The van der Waals surface area contributed by atoms with E-state index in [1.165, 1.54) is 0 Å². The lowest BCUT2D eigenvalue weighted by atomic mass is 9.96. The van der Waals surface area contributed by atoms with Crippen LogP contribution in [0.25, 0.3) is 11.3 Å². The molecule has 6 rings (SSSR count). The van der Waals surface area contributed by atoms with E-state index in [1.807, 2.05) is 47.4 Å². The molecule has 10 nitrogen and oxygen atoms in total. The maximum absolute atomic E-state index is 12.9. The van der Waals surface area contributed by atoms with Crippen LogP contribution in [0.2, 0.25) is 0 Å². The molecule has 214 valence electrons. The van der Waals surface area contributed by atoms with Crippen molar-refractivity contribution in [1.29, 1.82) is 0 Å². The molecule has 3 fully saturated rings. The molecule has 2 aromatic carbocycles. The number of carbonyl (C=O) groups is 2. The number of hydrogen-bond acceptors (Lipinski definition) is 8. The second-order valence-corrected chi connectivity index (χ2v) is 11.1. The number of piperidine rings is 1. The average Bonchev–Trinajstić information content (AvgIpc) is 3.53. The van der Waals surface area contributed by atoms with E-state index in [2.05, 4.69) is 37.6 Å². The average molecular weight is 555 g/mol. The minimum atomic E-state index is -0.270. The van der Waals surface area contributed by atoms with Crippen LogP contribution >= 0.6 is 0 Å². The SMILES string of the molecule is NC(=O)[C@H]1CCCN1c1ccc(-c2ccnc(Nc3ccc(N4CCN(C(=O)C5CCNCC5)CC4)cc3)n2)cc1. The van der Waals surface area contributed by atoms with Crippen molar-refractivity contribution in [3.05, 3.63) is 60.8 Å². The summed E-state index contributed by atoms with van der Waals surface area (Å²) in [6, 6.07) is 18.0. The van der Waals surface area contributed by atoms with Gasteiger partial charge in [0.25, 0.3) is 0 Å². The van der Waals surface area contributed by atoms with E-state index in [0.29, 0.717) is 11.9 Å². The molecule has 41 heavy (non-hydrogen) atoms. The fourth-order valence-electron chi connectivity index (χ4n) is 6.17. The van der Waals surface area contributed by atoms with Crippen LogP contribution in [0.1, 0.15) is 25.7 Å². The molecule has 0 bridgehead atoms. The van der Waals surface area contributed by atoms with Crippen molar-refractivity contribution in [2.75, 3.05) is 60.9 Å². The molecule has 3 aromatic rings. The van der Waals surface area contributed by atoms with Gasteiger partial charge in [-0.05, 0) is 81.2 Å². The summed E-state index contributed by atoms with van der Waals surface area (Å²) >= 11 is 0. The highest BCUT2D eigenvalue weighted by atomic mass is 16.2. The number of benzene rings is 2. The molecule has 1 aromatic heterocycles. The maximum atomic E-state index is 12.9. The fraction of sp³-hybridized carbons (Fsp3) is 0.419. The van der Waals surface area contributed by atoms with Gasteiger partial charge in [0.1, 0.15) is 6.04 Å². The zero-order valence-corrected chi connectivity index (χ0v) is 23.3. The lowest BCUT2D eigenvalue weighted by molar-refractivity contribution is -0.136. The van der Waals surface area contributed by atoms with Gasteiger partial charge in [0.2, 0.25) is 17.8 Å². The van der Waals surface area contributed by atoms with Gasteiger partial charge in [0.15, 0.2) is 0 Å². The van der Waals surface area contributed by atoms with Crippen LogP contribution in [-0.2, 0) is 9.59 Å². The first kappa shape index (κ1) is 27.0. The Kier molecular flexibility index (Phi) is 8.00. The van der Waals surface area contributed by atoms with E-state index < -0.39 is 0 Å². The monoisotopic (exact) mass is 554 g/mol. The lowest BCUT2D eigenvalue weighted by Crippen LogP contribution is -2.51. The van der Waals surface area contributed by atoms with Gasteiger partial charge in [0.05, 0.1) is 5.69 Å². The summed E-state index contributed by atoms with van der Waals surface area (Å²) < 4.78 is 0. The van der Waals surface area contributed by atoms with E-state index >= 15 is 0 Å². The molecule has 0 spiro atoms. The van der Waals surface area contributed by atoms with Crippen LogP contribution in [0.5, 0.6) is 0 Å². The highest BCUT2D eigenvalue weighted by Gasteiger charge is 2.30. The van der Waals surface area contributed by atoms with Crippen molar-refractivity contribution < 1.29 is 9.59 Å².